The van der Waals surface area contributed by atoms with Crippen LogP contribution in [0.25, 0.3) is 0 Å². The van der Waals surface area contributed by atoms with E-state index in [-0.39, 0.29) is 11.8 Å². The summed E-state index contributed by atoms with van der Waals surface area (Å²) in [6.45, 7) is 4.22. The van der Waals surface area contributed by atoms with Gasteiger partial charge in [-0.1, -0.05) is 23.7 Å². The van der Waals surface area contributed by atoms with E-state index in [1.165, 1.54) is 6.92 Å². The van der Waals surface area contributed by atoms with Crippen LogP contribution in [0.3, 0.4) is 0 Å². The zero-order chi connectivity index (χ0) is 16.8. The summed E-state index contributed by atoms with van der Waals surface area (Å²) in [6.07, 6.45) is 0.369. The number of aryl methyl sites for hydroxylation is 1. The van der Waals surface area contributed by atoms with Gasteiger partial charge in [0, 0.05) is 35.6 Å². The highest BCUT2D eigenvalue weighted by atomic mass is 35.5. The molecule has 1 aromatic carbocycles. The average molecular weight is 351 g/mol. The van der Waals surface area contributed by atoms with Crippen LogP contribution < -0.4 is 10.2 Å². The number of nitrogens with one attached hydrogen (secondary N) is 1. The van der Waals surface area contributed by atoms with E-state index in [0.717, 1.165) is 16.1 Å². The molecule has 0 fully saturated rings. The van der Waals surface area contributed by atoms with Crippen LogP contribution in [0.5, 0.6) is 0 Å². The van der Waals surface area contributed by atoms with Crippen LogP contribution in [0, 0.1) is 6.92 Å². The van der Waals surface area contributed by atoms with Gasteiger partial charge in [0.15, 0.2) is 0 Å². The fourth-order valence-electron chi connectivity index (χ4n) is 2.16. The number of benzene rings is 1. The first-order valence-corrected chi connectivity index (χ1v) is 8.56. The number of amides is 2. The van der Waals surface area contributed by atoms with Gasteiger partial charge in [0.1, 0.15) is 0 Å². The first kappa shape index (κ1) is 17.5. The Morgan fingerprint density at radius 2 is 2.09 bits per heavy atom. The van der Waals surface area contributed by atoms with Crippen molar-refractivity contribution < 1.29 is 9.59 Å². The van der Waals surface area contributed by atoms with E-state index in [4.69, 9.17) is 11.6 Å². The van der Waals surface area contributed by atoms with Crippen molar-refractivity contribution in [1.29, 1.82) is 0 Å². The van der Waals surface area contributed by atoms with Crippen LogP contribution >= 0.6 is 22.9 Å². The maximum absolute atomic E-state index is 11.9. The molecule has 0 atom stereocenters. The van der Waals surface area contributed by atoms with E-state index < -0.39 is 0 Å². The quantitative estimate of drug-likeness (QED) is 0.867. The van der Waals surface area contributed by atoms with Crippen molar-refractivity contribution in [2.45, 2.75) is 20.3 Å². The van der Waals surface area contributed by atoms with E-state index in [9.17, 15) is 9.59 Å². The molecule has 2 aromatic rings. The van der Waals surface area contributed by atoms with Crippen molar-refractivity contribution in [3.8, 4) is 0 Å². The van der Waals surface area contributed by atoms with Crippen LogP contribution in [-0.2, 0) is 16.0 Å². The van der Waals surface area contributed by atoms with E-state index >= 15 is 0 Å². The number of halogens is 1. The molecular weight excluding hydrogens is 332 g/mol. The van der Waals surface area contributed by atoms with Crippen LogP contribution in [0.2, 0.25) is 5.02 Å². The standard InChI is InChI=1S/C17H19ClN2O2S/c1-12-5-6-14(10-16(12)18)20(13(2)21)8-7-19-17(22)11-15-4-3-9-23-15/h3-6,9-10H,7-8,11H2,1-2H3,(H,19,22). The number of carbonyl (C=O) groups excluding carboxylic acids is 2. The molecule has 4 nitrogen and oxygen atoms in total. The Morgan fingerprint density at radius 3 is 2.70 bits per heavy atom. The van der Waals surface area contributed by atoms with E-state index in [1.54, 1.807) is 22.3 Å². The molecule has 1 heterocycles. The molecule has 0 saturated carbocycles. The van der Waals surface area contributed by atoms with Crippen LogP contribution in [0.4, 0.5) is 5.69 Å². The summed E-state index contributed by atoms with van der Waals surface area (Å²) in [5.74, 6) is -0.129. The number of hydrogen-bond acceptors (Lipinski definition) is 3. The van der Waals surface area contributed by atoms with Crippen molar-refractivity contribution in [3.63, 3.8) is 0 Å². The predicted octanol–water partition coefficient (Wildman–Crippen LogP) is 3.42. The molecule has 6 heteroatoms. The molecule has 0 bridgehead atoms. The fraction of sp³-hybridized carbons (Fsp3) is 0.294. The van der Waals surface area contributed by atoms with Gasteiger partial charge in [-0.15, -0.1) is 11.3 Å². The van der Waals surface area contributed by atoms with Gasteiger partial charge in [-0.25, -0.2) is 0 Å². The number of thiophene rings is 1. The number of hydrogen-bond donors (Lipinski definition) is 1. The monoisotopic (exact) mass is 350 g/mol. The molecule has 0 aliphatic rings. The second-order valence-electron chi connectivity index (χ2n) is 5.21. The second kappa shape index (κ2) is 8.13. The normalized spacial score (nSPS) is 10.4. The molecule has 1 N–H and O–H groups in total. The van der Waals surface area contributed by atoms with Crippen LogP contribution in [0.15, 0.2) is 35.7 Å². The molecule has 1 aromatic heterocycles. The molecular formula is C17H19ClN2O2S. The Balaban J connectivity index is 1.91. The van der Waals surface area contributed by atoms with Crippen LogP contribution in [0.1, 0.15) is 17.4 Å². The van der Waals surface area contributed by atoms with Crippen molar-refractivity contribution in [1.82, 2.24) is 5.32 Å². The van der Waals surface area contributed by atoms with Crippen molar-refractivity contribution >= 4 is 40.4 Å². The third-order valence-corrected chi connectivity index (χ3v) is 4.70. The molecule has 122 valence electrons. The minimum absolute atomic E-state index is 0.0436. The lowest BCUT2D eigenvalue weighted by atomic mass is 10.2. The van der Waals surface area contributed by atoms with Crippen LogP contribution in [-0.4, -0.2) is 24.9 Å². The molecule has 0 aliphatic carbocycles. The lowest BCUT2D eigenvalue weighted by Gasteiger charge is -2.22. The lowest BCUT2D eigenvalue weighted by molar-refractivity contribution is -0.120. The van der Waals surface area contributed by atoms with Crippen molar-refractivity contribution in [2.75, 3.05) is 18.0 Å². The average Bonchev–Trinajstić information content (AvgIpc) is 2.99. The SMILES string of the molecule is CC(=O)N(CCNC(=O)Cc1cccs1)c1ccc(C)c(Cl)c1. The summed E-state index contributed by atoms with van der Waals surface area (Å²) in [5.41, 5.74) is 1.70. The highest BCUT2D eigenvalue weighted by Gasteiger charge is 2.13. The highest BCUT2D eigenvalue weighted by Crippen LogP contribution is 2.23. The van der Waals surface area contributed by atoms with Gasteiger partial charge >= 0.3 is 0 Å². The fourth-order valence-corrected chi connectivity index (χ4v) is 3.04. The van der Waals surface area contributed by atoms with Gasteiger partial charge in [0.2, 0.25) is 11.8 Å². The Morgan fingerprint density at radius 1 is 1.30 bits per heavy atom. The maximum Gasteiger partial charge on any atom is 0.225 e. The summed E-state index contributed by atoms with van der Waals surface area (Å²) in [5, 5.41) is 5.41. The minimum Gasteiger partial charge on any atom is -0.354 e. The van der Waals surface area contributed by atoms with Gasteiger partial charge in [-0.3, -0.25) is 9.59 Å². The molecule has 0 aliphatic heterocycles. The molecule has 2 rings (SSSR count). The third-order valence-electron chi connectivity index (χ3n) is 3.42. The number of carbonyl (C=O) groups is 2. The highest BCUT2D eigenvalue weighted by molar-refractivity contribution is 7.10. The van der Waals surface area contributed by atoms with Gasteiger partial charge in [-0.2, -0.15) is 0 Å². The smallest absolute Gasteiger partial charge is 0.225 e. The summed E-state index contributed by atoms with van der Waals surface area (Å²) in [4.78, 5) is 26.3. The van der Waals surface area contributed by atoms with Gasteiger partial charge < -0.3 is 10.2 Å². The van der Waals surface area contributed by atoms with Gasteiger partial charge in [0.25, 0.3) is 0 Å². The second-order valence-corrected chi connectivity index (χ2v) is 6.65. The summed E-state index contributed by atoms with van der Waals surface area (Å²) in [6, 6.07) is 9.36. The Hall–Kier alpha value is -1.85. The first-order valence-electron chi connectivity index (χ1n) is 7.30. The molecule has 23 heavy (non-hydrogen) atoms. The Labute approximate surface area is 145 Å². The van der Waals surface area contributed by atoms with E-state index in [1.807, 2.05) is 36.6 Å². The molecule has 0 spiro atoms. The molecule has 0 unspecified atom stereocenters. The van der Waals surface area contributed by atoms with E-state index in [2.05, 4.69) is 5.32 Å². The van der Waals surface area contributed by atoms with Crippen molar-refractivity contribution in [2.24, 2.45) is 0 Å². The topological polar surface area (TPSA) is 49.4 Å². The first-order chi connectivity index (χ1) is 11.0. The summed E-state index contributed by atoms with van der Waals surface area (Å²) in [7, 11) is 0. The largest absolute Gasteiger partial charge is 0.354 e. The van der Waals surface area contributed by atoms with E-state index in [0.29, 0.717) is 24.5 Å². The lowest BCUT2D eigenvalue weighted by Crippen LogP contribution is -2.38. The van der Waals surface area contributed by atoms with Gasteiger partial charge in [-0.05, 0) is 36.1 Å². The number of anilines is 1. The molecule has 0 radical (unpaired) electrons. The zero-order valence-corrected chi connectivity index (χ0v) is 14.7. The Bertz CT molecular complexity index is 686. The number of nitrogens with zero attached hydrogens (tertiary/aromatic N) is 1. The zero-order valence-electron chi connectivity index (χ0n) is 13.1. The van der Waals surface area contributed by atoms with Crippen molar-refractivity contribution in [3.05, 3.63) is 51.2 Å². The number of rotatable bonds is 6. The molecule has 2 amide bonds. The molecule has 0 saturated heterocycles. The minimum atomic E-state index is -0.0857. The third kappa shape index (κ3) is 5.08. The Kier molecular flexibility index (Phi) is 6.19. The summed E-state index contributed by atoms with van der Waals surface area (Å²) >= 11 is 7.68. The summed E-state index contributed by atoms with van der Waals surface area (Å²) < 4.78 is 0. The maximum atomic E-state index is 11.9. The van der Waals surface area contributed by atoms with Gasteiger partial charge in [0.05, 0.1) is 6.42 Å². The predicted molar refractivity (Wildman–Crippen MR) is 95.2 cm³/mol.